The van der Waals surface area contributed by atoms with Crippen LogP contribution in [0.25, 0.3) is 10.4 Å². The molecule has 1 aliphatic heterocycles. The Labute approximate surface area is 121 Å². The molecule has 112 valence electrons. The van der Waals surface area contributed by atoms with Crippen molar-refractivity contribution in [2.24, 2.45) is 5.11 Å². The van der Waals surface area contributed by atoms with Crippen molar-refractivity contribution in [1.29, 1.82) is 0 Å². The van der Waals surface area contributed by atoms with Gasteiger partial charge in [0.05, 0.1) is 4.92 Å². The van der Waals surface area contributed by atoms with Crippen LogP contribution < -0.4 is 4.90 Å². The summed E-state index contributed by atoms with van der Waals surface area (Å²) in [5, 5.41) is 23.4. The molecule has 1 heterocycles. The quantitative estimate of drug-likeness (QED) is 0.222. The van der Waals surface area contributed by atoms with Crippen LogP contribution in [0.3, 0.4) is 0 Å². The molecule has 0 radical (unpaired) electrons. The van der Waals surface area contributed by atoms with Gasteiger partial charge in [-0.1, -0.05) is 5.11 Å². The molecular weight excluding hydrogens is 298 g/mol. The van der Waals surface area contributed by atoms with Gasteiger partial charge in [0.2, 0.25) is 11.8 Å². The summed E-state index contributed by atoms with van der Waals surface area (Å²) >= 11 is 0. The standard InChI is InChI=1S/C11H7N5O6/c12-14-13-5-3-6(11(19)20)10(16(21)22)7(4-5)15-8(17)1-2-9(15)18/h3-4H,1-2H2,(H,19,20). The number of benzene rings is 1. The minimum atomic E-state index is -1.65. The number of imide groups is 1. The molecule has 11 heteroatoms. The molecule has 0 atom stereocenters. The zero-order chi connectivity index (χ0) is 16.4. The first-order valence-electron chi connectivity index (χ1n) is 5.83. The van der Waals surface area contributed by atoms with Crippen molar-refractivity contribution in [3.63, 3.8) is 0 Å². The Morgan fingerprint density at radius 1 is 1.36 bits per heavy atom. The molecule has 0 bridgehead atoms. The van der Waals surface area contributed by atoms with Crippen molar-refractivity contribution in [3.8, 4) is 0 Å². The van der Waals surface area contributed by atoms with Gasteiger partial charge in [-0.2, -0.15) is 0 Å². The summed E-state index contributed by atoms with van der Waals surface area (Å²) in [5.41, 5.74) is 5.96. The van der Waals surface area contributed by atoms with Gasteiger partial charge in [-0.15, -0.1) is 0 Å². The van der Waals surface area contributed by atoms with Crippen LogP contribution in [-0.4, -0.2) is 27.8 Å². The fourth-order valence-electron chi connectivity index (χ4n) is 2.08. The summed E-state index contributed by atoms with van der Waals surface area (Å²) in [5.74, 6) is -3.04. The average Bonchev–Trinajstić information content (AvgIpc) is 2.77. The highest BCUT2D eigenvalue weighted by molar-refractivity contribution is 6.21. The third kappa shape index (κ3) is 2.43. The number of anilines is 1. The SMILES string of the molecule is [N-]=[N+]=Nc1cc(C(=O)O)c([N+](=O)[O-])c(N2C(=O)CCC2=O)c1. The number of aromatic carboxylic acids is 1. The number of hydrogen-bond donors (Lipinski definition) is 1. The van der Waals surface area contributed by atoms with Crippen LogP contribution in [0, 0.1) is 10.1 Å². The summed E-state index contributed by atoms with van der Waals surface area (Å²) in [7, 11) is 0. The number of hydrogen-bond acceptors (Lipinski definition) is 6. The monoisotopic (exact) mass is 305 g/mol. The van der Waals surface area contributed by atoms with Gasteiger partial charge in [-0.25, -0.2) is 9.69 Å². The van der Waals surface area contributed by atoms with Crippen molar-refractivity contribution in [3.05, 3.63) is 38.3 Å². The summed E-state index contributed by atoms with van der Waals surface area (Å²) < 4.78 is 0. The van der Waals surface area contributed by atoms with Gasteiger partial charge >= 0.3 is 11.7 Å². The van der Waals surface area contributed by atoms with Gasteiger partial charge in [-0.3, -0.25) is 19.7 Å². The molecule has 0 aromatic heterocycles. The molecule has 22 heavy (non-hydrogen) atoms. The molecule has 0 aliphatic carbocycles. The Bertz CT molecular complexity index is 750. The highest BCUT2D eigenvalue weighted by atomic mass is 16.6. The molecule has 1 fully saturated rings. The number of carboxylic acids is 1. The number of carbonyl (C=O) groups is 3. The third-order valence-corrected chi connectivity index (χ3v) is 2.94. The van der Waals surface area contributed by atoms with E-state index in [1.54, 1.807) is 0 Å². The number of azide groups is 1. The average molecular weight is 305 g/mol. The topological polar surface area (TPSA) is 167 Å². The lowest BCUT2D eigenvalue weighted by atomic mass is 10.1. The molecule has 2 amide bonds. The minimum Gasteiger partial charge on any atom is -0.477 e. The zero-order valence-electron chi connectivity index (χ0n) is 10.8. The fourth-order valence-corrected chi connectivity index (χ4v) is 2.08. The maximum Gasteiger partial charge on any atom is 0.342 e. The molecule has 0 spiro atoms. The highest BCUT2D eigenvalue weighted by Crippen LogP contribution is 2.38. The summed E-state index contributed by atoms with van der Waals surface area (Å²) in [6.07, 6.45) is -0.270. The number of nitro benzene ring substituents is 1. The van der Waals surface area contributed by atoms with Gasteiger partial charge in [0.1, 0.15) is 11.3 Å². The van der Waals surface area contributed by atoms with Gasteiger partial charge in [0.25, 0.3) is 0 Å². The number of carbonyl (C=O) groups excluding carboxylic acids is 2. The Morgan fingerprint density at radius 2 is 1.95 bits per heavy atom. The van der Waals surface area contributed by atoms with E-state index in [1.165, 1.54) is 0 Å². The first-order valence-corrected chi connectivity index (χ1v) is 5.83. The molecule has 0 unspecified atom stereocenters. The van der Waals surface area contributed by atoms with E-state index in [-0.39, 0.29) is 18.5 Å². The summed E-state index contributed by atoms with van der Waals surface area (Å²) in [4.78, 5) is 47.8. The first-order chi connectivity index (χ1) is 10.4. The van der Waals surface area contributed by atoms with Crippen molar-refractivity contribution in [1.82, 2.24) is 0 Å². The van der Waals surface area contributed by atoms with Crippen molar-refractivity contribution < 1.29 is 24.4 Å². The van der Waals surface area contributed by atoms with Crippen molar-refractivity contribution >= 4 is 34.8 Å². The van der Waals surface area contributed by atoms with E-state index in [2.05, 4.69) is 10.0 Å². The van der Waals surface area contributed by atoms with E-state index >= 15 is 0 Å². The number of nitrogens with zero attached hydrogens (tertiary/aromatic N) is 5. The number of nitro groups is 1. The maximum absolute atomic E-state index is 11.7. The smallest absolute Gasteiger partial charge is 0.342 e. The van der Waals surface area contributed by atoms with E-state index in [4.69, 9.17) is 10.6 Å². The Kier molecular flexibility index (Phi) is 3.73. The molecule has 1 aliphatic rings. The van der Waals surface area contributed by atoms with Crippen LogP contribution in [0.1, 0.15) is 23.2 Å². The van der Waals surface area contributed by atoms with E-state index < -0.39 is 39.6 Å². The molecule has 1 aromatic carbocycles. The van der Waals surface area contributed by atoms with E-state index in [0.717, 1.165) is 12.1 Å². The van der Waals surface area contributed by atoms with Crippen LogP contribution in [-0.2, 0) is 9.59 Å². The lowest BCUT2D eigenvalue weighted by Gasteiger charge is -2.15. The van der Waals surface area contributed by atoms with Gasteiger partial charge in [0, 0.05) is 23.4 Å². The lowest BCUT2D eigenvalue weighted by Crippen LogP contribution is -2.29. The molecule has 1 saturated heterocycles. The zero-order valence-corrected chi connectivity index (χ0v) is 10.8. The number of carboxylic acid groups (broad SMARTS) is 1. The molecule has 0 saturated carbocycles. The Balaban J connectivity index is 2.82. The summed E-state index contributed by atoms with van der Waals surface area (Å²) in [6, 6.07) is 1.74. The third-order valence-electron chi connectivity index (χ3n) is 2.94. The minimum absolute atomic E-state index is 0.135. The maximum atomic E-state index is 11.7. The predicted molar refractivity (Wildman–Crippen MR) is 70.6 cm³/mol. The van der Waals surface area contributed by atoms with Crippen LogP contribution in [0.15, 0.2) is 17.2 Å². The van der Waals surface area contributed by atoms with Crippen LogP contribution in [0.4, 0.5) is 17.1 Å². The molecule has 2 rings (SSSR count). The first kappa shape index (κ1) is 14.9. The van der Waals surface area contributed by atoms with Gasteiger partial charge < -0.3 is 5.11 Å². The summed E-state index contributed by atoms with van der Waals surface area (Å²) in [6.45, 7) is 0. The second-order valence-electron chi connectivity index (χ2n) is 4.24. The Morgan fingerprint density at radius 3 is 2.41 bits per heavy atom. The molecule has 1 aromatic rings. The highest BCUT2D eigenvalue weighted by Gasteiger charge is 2.37. The van der Waals surface area contributed by atoms with Gasteiger partial charge in [-0.05, 0) is 17.7 Å². The van der Waals surface area contributed by atoms with Crippen LogP contribution in [0.2, 0.25) is 0 Å². The fraction of sp³-hybridized carbons (Fsp3) is 0.182. The predicted octanol–water partition coefficient (Wildman–Crippen LogP) is 1.89. The van der Waals surface area contributed by atoms with Crippen LogP contribution >= 0.6 is 0 Å². The second kappa shape index (κ2) is 5.50. The van der Waals surface area contributed by atoms with E-state index in [0.29, 0.717) is 4.90 Å². The number of amides is 2. The van der Waals surface area contributed by atoms with Crippen molar-refractivity contribution in [2.75, 3.05) is 4.90 Å². The largest absolute Gasteiger partial charge is 0.477 e. The molecular formula is C11H7N5O6. The van der Waals surface area contributed by atoms with Crippen LogP contribution in [0.5, 0.6) is 0 Å². The number of rotatable bonds is 4. The molecule has 11 nitrogen and oxygen atoms in total. The normalized spacial score (nSPS) is 13.9. The molecule has 1 N–H and O–H groups in total. The van der Waals surface area contributed by atoms with Gasteiger partial charge in [0.15, 0.2) is 0 Å². The lowest BCUT2D eigenvalue weighted by molar-refractivity contribution is -0.384. The van der Waals surface area contributed by atoms with E-state index in [1.807, 2.05) is 0 Å². The van der Waals surface area contributed by atoms with Crippen molar-refractivity contribution in [2.45, 2.75) is 12.8 Å². The Hall–Kier alpha value is -3.46. The second-order valence-corrected chi connectivity index (χ2v) is 4.24. The van der Waals surface area contributed by atoms with E-state index in [9.17, 15) is 24.5 Å².